The summed E-state index contributed by atoms with van der Waals surface area (Å²) in [6.45, 7) is 0. The van der Waals surface area contributed by atoms with Crippen molar-refractivity contribution in [1.29, 1.82) is 0 Å². The summed E-state index contributed by atoms with van der Waals surface area (Å²) >= 11 is -1.92. The molecule has 1 nitrogen and oxygen atoms in total. The van der Waals surface area contributed by atoms with Gasteiger partial charge in [0.2, 0.25) is 0 Å². The zero-order valence-electron chi connectivity index (χ0n) is 2.13. The third-order valence-corrected chi connectivity index (χ3v) is 0. The van der Waals surface area contributed by atoms with E-state index in [0.717, 1.165) is 0 Å². The molecule has 5 heteroatoms. The van der Waals surface area contributed by atoms with Gasteiger partial charge in [-0.15, -0.1) is 0 Å². The average molecular weight is 197 g/mol. The summed E-state index contributed by atoms with van der Waals surface area (Å²) in [7, 11) is 14.9. The number of hydrogen-bond acceptors (Lipinski definition) is 0. The number of hydrogen-bond donors (Lipinski definition) is 0. The Morgan fingerprint density at radius 1 is 1.00 bits per heavy atom. The standard InChI is InChI=1S/Cl3Ge.H2O/c1-4(2)3;/h;1H2. The van der Waals surface area contributed by atoms with Gasteiger partial charge >= 0.3 is 41.6 Å². The fraction of sp³-hybridized carbons (Fsp3) is 0. The molecule has 0 atom stereocenters. The molecule has 0 saturated heterocycles. The summed E-state index contributed by atoms with van der Waals surface area (Å²) in [5.41, 5.74) is 0. The van der Waals surface area contributed by atoms with E-state index in [0.29, 0.717) is 0 Å². The molecule has 0 rings (SSSR count). The van der Waals surface area contributed by atoms with Crippen molar-refractivity contribution in [2.75, 3.05) is 0 Å². The molecule has 0 amide bonds. The van der Waals surface area contributed by atoms with Gasteiger partial charge in [0.05, 0.1) is 0 Å². The van der Waals surface area contributed by atoms with Gasteiger partial charge in [-0.05, 0) is 0 Å². The summed E-state index contributed by atoms with van der Waals surface area (Å²) in [6, 6.07) is 0. The SMILES string of the molecule is O.[Cl][Ge]([Cl])[Cl]. The van der Waals surface area contributed by atoms with Crippen LogP contribution in [0.4, 0.5) is 0 Å². The van der Waals surface area contributed by atoms with E-state index >= 15 is 0 Å². The van der Waals surface area contributed by atoms with Gasteiger partial charge in [-0.25, -0.2) is 0 Å². The van der Waals surface area contributed by atoms with Crippen LogP contribution in [0, 0.1) is 0 Å². The van der Waals surface area contributed by atoms with E-state index in [1.807, 2.05) is 0 Å². The Kier molecular flexibility index (Phi) is 10.3. The molecule has 2 N–H and O–H groups in total. The summed E-state index contributed by atoms with van der Waals surface area (Å²) in [4.78, 5) is 0. The fourth-order valence-electron chi connectivity index (χ4n) is 0. The molecule has 0 bridgehead atoms. The van der Waals surface area contributed by atoms with E-state index < -0.39 is 11.6 Å². The van der Waals surface area contributed by atoms with Crippen molar-refractivity contribution in [3.8, 4) is 0 Å². The van der Waals surface area contributed by atoms with E-state index in [2.05, 4.69) is 0 Å². The summed E-state index contributed by atoms with van der Waals surface area (Å²) in [6.07, 6.45) is 0. The van der Waals surface area contributed by atoms with Crippen molar-refractivity contribution in [1.82, 2.24) is 0 Å². The Morgan fingerprint density at radius 2 is 1.00 bits per heavy atom. The second-order valence-corrected chi connectivity index (χ2v) is 10.0. The van der Waals surface area contributed by atoms with Crippen LogP contribution in [0.5, 0.6) is 0 Å². The Bertz CT molecular complexity index is 11.6. The van der Waals surface area contributed by atoms with Gasteiger partial charge in [-0.3, -0.25) is 0 Å². The molecule has 0 saturated carbocycles. The van der Waals surface area contributed by atoms with Crippen molar-refractivity contribution in [3.05, 3.63) is 0 Å². The van der Waals surface area contributed by atoms with Crippen molar-refractivity contribution in [2.45, 2.75) is 0 Å². The molecule has 0 aliphatic carbocycles. The molecule has 0 aromatic rings. The molecule has 0 spiro atoms. The van der Waals surface area contributed by atoms with Gasteiger partial charge in [0.1, 0.15) is 0 Å². The predicted octanol–water partition coefficient (Wildman–Crippen LogP) is 0.863. The van der Waals surface area contributed by atoms with Crippen LogP contribution < -0.4 is 0 Å². The van der Waals surface area contributed by atoms with Crippen LogP contribution in [-0.4, -0.2) is 17.0 Å². The molecule has 0 aliphatic heterocycles. The van der Waals surface area contributed by atoms with Crippen molar-refractivity contribution in [2.24, 2.45) is 0 Å². The molecular formula is H2Cl3GeO. The van der Waals surface area contributed by atoms with Crippen molar-refractivity contribution >= 4 is 41.6 Å². The maximum atomic E-state index is 4.97. The van der Waals surface area contributed by atoms with Gasteiger partial charge in [0, 0.05) is 0 Å². The van der Waals surface area contributed by atoms with Gasteiger partial charge in [0.15, 0.2) is 0 Å². The van der Waals surface area contributed by atoms with E-state index in [4.69, 9.17) is 30.0 Å². The molecule has 33 valence electrons. The van der Waals surface area contributed by atoms with Crippen molar-refractivity contribution in [3.63, 3.8) is 0 Å². The van der Waals surface area contributed by atoms with Gasteiger partial charge in [-0.2, -0.15) is 0 Å². The minimum absolute atomic E-state index is 0. The Labute approximate surface area is 47.2 Å². The molecule has 1 radical (unpaired) electrons. The van der Waals surface area contributed by atoms with Crippen LogP contribution in [0.25, 0.3) is 0 Å². The molecule has 5 heavy (non-hydrogen) atoms. The first-order valence-corrected chi connectivity index (χ1v) is 8.84. The predicted molar refractivity (Wildman–Crippen MR) is 26.9 cm³/mol. The topological polar surface area (TPSA) is 31.5 Å². The zero-order chi connectivity index (χ0) is 3.58. The van der Waals surface area contributed by atoms with Crippen LogP contribution in [0.1, 0.15) is 0 Å². The van der Waals surface area contributed by atoms with Crippen LogP contribution in [0.3, 0.4) is 0 Å². The van der Waals surface area contributed by atoms with E-state index in [1.54, 1.807) is 0 Å². The number of rotatable bonds is 0. The quantitative estimate of drug-likeness (QED) is 0.516. The second-order valence-electron chi connectivity index (χ2n) is 0.214. The molecular weight excluding hydrogens is 195 g/mol. The van der Waals surface area contributed by atoms with Crippen molar-refractivity contribution < 1.29 is 5.48 Å². The Balaban J connectivity index is 0. The second kappa shape index (κ2) is 5.37. The van der Waals surface area contributed by atoms with E-state index in [9.17, 15) is 0 Å². The Morgan fingerprint density at radius 3 is 1.00 bits per heavy atom. The molecule has 0 aromatic carbocycles. The van der Waals surface area contributed by atoms with E-state index in [1.165, 1.54) is 0 Å². The molecule has 0 unspecified atom stereocenters. The molecule has 0 fully saturated rings. The zero-order valence-corrected chi connectivity index (χ0v) is 6.50. The average Bonchev–Trinajstić information content (AvgIpc) is 0.811. The summed E-state index contributed by atoms with van der Waals surface area (Å²) < 4.78 is 0. The third-order valence-electron chi connectivity index (χ3n) is 0. The number of halogens is 3. The summed E-state index contributed by atoms with van der Waals surface area (Å²) in [5, 5.41) is 0. The van der Waals surface area contributed by atoms with Crippen LogP contribution in [-0.2, 0) is 0 Å². The first kappa shape index (κ1) is 9.62. The van der Waals surface area contributed by atoms with Gasteiger partial charge in [0.25, 0.3) is 0 Å². The maximum absolute atomic E-state index is 4.97. The fourth-order valence-corrected chi connectivity index (χ4v) is 0. The third kappa shape index (κ3) is 32.4. The van der Waals surface area contributed by atoms with Crippen LogP contribution in [0.15, 0.2) is 0 Å². The Hall–Kier alpha value is 1.37. The normalized spacial score (nSPS) is 7.20. The van der Waals surface area contributed by atoms with E-state index in [-0.39, 0.29) is 5.48 Å². The molecule has 0 aliphatic rings. The first-order chi connectivity index (χ1) is 1.73. The minimum atomic E-state index is -1.92. The van der Waals surface area contributed by atoms with Crippen LogP contribution in [0.2, 0.25) is 0 Å². The molecule has 0 heterocycles. The summed E-state index contributed by atoms with van der Waals surface area (Å²) in [5.74, 6) is 0. The molecule has 0 aromatic heterocycles. The van der Waals surface area contributed by atoms with Gasteiger partial charge in [-0.1, -0.05) is 0 Å². The monoisotopic (exact) mass is 197 g/mol. The first-order valence-electron chi connectivity index (χ1n) is 0.567. The van der Waals surface area contributed by atoms with Crippen LogP contribution >= 0.6 is 30.0 Å². The van der Waals surface area contributed by atoms with Gasteiger partial charge < -0.3 is 5.48 Å².